The van der Waals surface area contributed by atoms with Crippen molar-refractivity contribution in [3.05, 3.63) is 35.4 Å². The van der Waals surface area contributed by atoms with Crippen LogP contribution in [0.3, 0.4) is 0 Å². The Kier molecular flexibility index (Phi) is 8.77. The fourth-order valence-electron chi connectivity index (χ4n) is 3.16. The van der Waals surface area contributed by atoms with Crippen molar-refractivity contribution < 1.29 is 9.47 Å². The second-order valence-corrected chi connectivity index (χ2v) is 6.57. The normalized spacial score (nSPS) is 16.0. The highest BCUT2D eigenvalue weighted by Crippen LogP contribution is 2.18. The number of rotatable bonds is 8. The van der Waals surface area contributed by atoms with Gasteiger partial charge in [0.2, 0.25) is 0 Å². The van der Waals surface area contributed by atoms with E-state index in [9.17, 15) is 0 Å². The molecule has 0 amide bonds. The fraction of sp³-hybridized carbons (Fsp3) is 0.650. The molecule has 1 fully saturated rings. The van der Waals surface area contributed by atoms with Gasteiger partial charge >= 0.3 is 0 Å². The topological polar surface area (TPSA) is 46.1 Å². The molecule has 2 rings (SSSR count). The van der Waals surface area contributed by atoms with E-state index in [1.807, 2.05) is 14.0 Å². The molecule has 1 saturated heterocycles. The summed E-state index contributed by atoms with van der Waals surface area (Å²) >= 11 is 0. The van der Waals surface area contributed by atoms with Gasteiger partial charge in [-0.15, -0.1) is 0 Å². The van der Waals surface area contributed by atoms with E-state index >= 15 is 0 Å². The molecule has 0 unspecified atom stereocenters. The van der Waals surface area contributed by atoms with Crippen LogP contribution < -0.4 is 5.32 Å². The highest BCUT2D eigenvalue weighted by Gasteiger charge is 2.15. The van der Waals surface area contributed by atoms with Crippen molar-refractivity contribution in [1.29, 1.82) is 0 Å². The van der Waals surface area contributed by atoms with Crippen molar-refractivity contribution in [2.24, 2.45) is 10.9 Å². The zero-order valence-corrected chi connectivity index (χ0v) is 16.0. The van der Waals surface area contributed by atoms with Gasteiger partial charge in [-0.05, 0) is 43.2 Å². The molecule has 5 nitrogen and oxygen atoms in total. The average molecular weight is 348 g/mol. The van der Waals surface area contributed by atoms with Crippen LogP contribution in [0.5, 0.6) is 0 Å². The van der Waals surface area contributed by atoms with E-state index < -0.39 is 0 Å². The molecule has 0 bridgehead atoms. The maximum atomic E-state index is 5.57. The van der Waals surface area contributed by atoms with Gasteiger partial charge in [-0.3, -0.25) is 4.99 Å². The molecule has 1 aliphatic heterocycles. The first kappa shape index (κ1) is 19.7. The SMILES string of the molecule is CCOCc1ccccc1CNC(=NC)N(C)CCC1CCOCC1. The first-order valence-corrected chi connectivity index (χ1v) is 9.38. The lowest BCUT2D eigenvalue weighted by atomic mass is 9.96. The maximum absolute atomic E-state index is 5.57. The Morgan fingerprint density at radius 1 is 1.28 bits per heavy atom. The minimum Gasteiger partial charge on any atom is -0.381 e. The summed E-state index contributed by atoms with van der Waals surface area (Å²) in [6, 6.07) is 8.41. The molecule has 1 aliphatic rings. The number of hydrogen-bond donors (Lipinski definition) is 1. The van der Waals surface area contributed by atoms with Crippen molar-refractivity contribution in [3.8, 4) is 0 Å². The van der Waals surface area contributed by atoms with Crippen molar-refractivity contribution in [2.75, 3.05) is 40.5 Å². The second kappa shape index (κ2) is 11.1. The number of guanidine groups is 1. The highest BCUT2D eigenvalue weighted by atomic mass is 16.5. The van der Waals surface area contributed by atoms with Crippen LogP contribution in [0.25, 0.3) is 0 Å². The minimum absolute atomic E-state index is 0.659. The monoisotopic (exact) mass is 347 g/mol. The quantitative estimate of drug-likeness (QED) is 0.580. The second-order valence-electron chi connectivity index (χ2n) is 6.57. The summed E-state index contributed by atoms with van der Waals surface area (Å²) in [6.07, 6.45) is 3.57. The summed E-state index contributed by atoms with van der Waals surface area (Å²) in [5.74, 6) is 1.72. The van der Waals surface area contributed by atoms with Gasteiger partial charge in [0.1, 0.15) is 0 Å². The molecule has 25 heavy (non-hydrogen) atoms. The number of nitrogens with one attached hydrogen (secondary N) is 1. The van der Waals surface area contributed by atoms with Crippen LogP contribution in [0.4, 0.5) is 0 Å². The van der Waals surface area contributed by atoms with E-state index in [4.69, 9.17) is 9.47 Å². The van der Waals surface area contributed by atoms with Crippen LogP contribution >= 0.6 is 0 Å². The van der Waals surface area contributed by atoms with Gasteiger partial charge in [0.05, 0.1) is 6.61 Å². The molecule has 140 valence electrons. The minimum atomic E-state index is 0.659. The fourth-order valence-corrected chi connectivity index (χ4v) is 3.16. The number of ether oxygens (including phenoxy) is 2. The average Bonchev–Trinajstić information content (AvgIpc) is 2.66. The van der Waals surface area contributed by atoms with Gasteiger partial charge in [0, 0.05) is 47.0 Å². The third kappa shape index (κ3) is 6.67. The summed E-state index contributed by atoms with van der Waals surface area (Å²) < 4.78 is 11.0. The Labute approximate surface area is 152 Å². The van der Waals surface area contributed by atoms with E-state index in [0.29, 0.717) is 6.61 Å². The van der Waals surface area contributed by atoms with E-state index in [2.05, 4.69) is 46.5 Å². The molecule has 0 atom stereocenters. The lowest BCUT2D eigenvalue weighted by molar-refractivity contribution is 0.0625. The van der Waals surface area contributed by atoms with Crippen molar-refractivity contribution in [2.45, 2.75) is 39.3 Å². The smallest absolute Gasteiger partial charge is 0.193 e. The Hall–Kier alpha value is -1.59. The predicted molar refractivity (Wildman–Crippen MR) is 103 cm³/mol. The van der Waals surface area contributed by atoms with Gasteiger partial charge in [-0.25, -0.2) is 0 Å². The van der Waals surface area contributed by atoms with Crippen molar-refractivity contribution in [3.63, 3.8) is 0 Å². The molecule has 0 aromatic heterocycles. The lowest BCUT2D eigenvalue weighted by Gasteiger charge is -2.27. The van der Waals surface area contributed by atoms with Crippen molar-refractivity contribution >= 4 is 5.96 Å². The maximum Gasteiger partial charge on any atom is 0.193 e. The van der Waals surface area contributed by atoms with Gasteiger partial charge in [0.25, 0.3) is 0 Å². The first-order valence-electron chi connectivity index (χ1n) is 9.38. The third-order valence-electron chi connectivity index (χ3n) is 4.80. The number of hydrogen-bond acceptors (Lipinski definition) is 3. The highest BCUT2D eigenvalue weighted by molar-refractivity contribution is 5.79. The van der Waals surface area contributed by atoms with E-state index in [0.717, 1.165) is 44.8 Å². The number of nitrogens with zero attached hydrogens (tertiary/aromatic N) is 2. The molecule has 5 heteroatoms. The largest absolute Gasteiger partial charge is 0.381 e. The van der Waals surface area contributed by atoms with Crippen LogP contribution in [0.2, 0.25) is 0 Å². The van der Waals surface area contributed by atoms with Gasteiger partial charge in [-0.1, -0.05) is 24.3 Å². The zero-order chi connectivity index (χ0) is 17.9. The van der Waals surface area contributed by atoms with Gasteiger partial charge in [0.15, 0.2) is 5.96 Å². The summed E-state index contributed by atoms with van der Waals surface area (Å²) in [7, 11) is 3.96. The van der Waals surface area contributed by atoms with Gasteiger partial charge < -0.3 is 19.7 Å². The summed E-state index contributed by atoms with van der Waals surface area (Å²) in [5, 5.41) is 3.49. The van der Waals surface area contributed by atoms with Crippen LogP contribution in [0, 0.1) is 5.92 Å². The number of benzene rings is 1. The predicted octanol–water partition coefficient (Wildman–Crippen LogP) is 3.05. The Morgan fingerprint density at radius 3 is 2.68 bits per heavy atom. The van der Waals surface area contributed by atoms with Crippen LogP contribution in [0.1, 0.15) is 37.3 Å². The van der Waals surface area contributed by atoms with E-state index in [1.54, 1.807) is 0 Å². The Morgan fingerprint density at radius 2 is 2.00 bits per heavy atom. The standard InChI is InChI=1S/C20H33N3O2/c1-4-24-16-19-8-6-5-7-18(19)15-22-20(21-2)23(3)12-9-17-10-13-25-14-11-17/h5-8,17H,4,9-16H2,1-3H3,(H,21,22). The third-order valence-corrected chi connectivity index (χ3v) is 4.80. The van der Waals surface area contributed by atoms with E-state index in [1.165, 1.54) is 30.4 Å². The Bertz CT molecular complexity index is 527. The molecule has 1 aromatic rings. The molecule has 1 aromatic carbocycles. The lowest BCUT2D eigenvalue weighted by Crippen LogP contribution is -2.39. The number of aliphatic imine (C=N–C) groups is 1. The van der Waals surface area contributed by atoms with Crippen LogP contribution in [0.15, 0.2) is 29.3 Å². The zero-order valence-electron chi connectivity index (χ0n) is 16.0. The summed E-state index contributed by atoms with van der Waals surface area (Å²) in [4.78, 5) is 6.66. The van der Waals surface area contributed by atoms with E-state index in [-0.39, 0.29) is 0 Å². The Balaban J connectivity index is 1.83. The van der Waals surface area contributed by atoms with Crippen molar-refractivity contribution in [1.82, 2.24) is 10.2 Å². The molecule has 0 aliphatic carbocycles. The molecule has 1 N–H and O–H groups in total. The molecule has 0 radical (unpaired) electrons. The molecular formula is C20H33N3O2. The first-order chi connectivity index (χ1) is 12.2. The molecule has 0 spiro atoms. The van der Waals surface area contributed by atoms with Crippen LogP contribution in [-0.2, 0) is 22.6 Å². The van der Waals surface area contributed by atoms with Gasteiger partial charge in [-0.2, -0.15) is 0 Å². The molecule has 1 heterocycles. The summed E-state index contributed by atoms with van der Waals surface area (Å²) in [5.41, 5.74) is 2.49. The summed E-state index contributed by atoms with van der Waals surface area (Å²) in [6.45, 7) is 7.03. The molecule has 0 saturated carbocycles. The molecular weight excluding hydrogens is 314 g/mol. The van der Waals surface area contributed by atoms with Crippen LogP contribution in [-0.4, -0.2) is 51.3 Å².